The van der Waals surface area contributed by atoms with E-state index in [4.69, 9.17) is 0 Å². The molecule has 2 rings (SSSR count). The minimum atomic E-state index is -0.522. The number of nitrogens with zero attached hydrogens (tertiary/aromatic N) is 1. The Balaban J connectivity index is 2.13. The van der Waals surface area contributed by atoms with Gasteiger partial charge in [0.05, 0.1) is 4.92 Å². The number of rotatable bonds is 6. The number of anilines is 1. The van der Waals surface area contributed by atoms with Crippen molar-refractivity contribution >= 4 is 17.3 Å². The molecule has 1 aromatic carbocycles. The van der Waals surface area contributed by atoms with Crippen molar-refractivity contribution in [3.63, 3.8) is 0 Å². The quantitative estimate of drug-likeness (QED) is 0.623. The molecular formula is C15H21N3O3. The average Bonchev–Trinajstić information content (AvgIpc) is 3.03. The number of amides is 1. The zero-order valence-electron chi connectivity index (χ0n) is 12.6. The number of nitrogens with one attached hydrogen (secondary N) is 2. The van der Waals surface area contributed by atoms with Crippen molar-refractivity contribution in [3.8, 4) is 0 Å². The molecule has 1 fully saturated rings. The van der Waals surface area contributed by atoms with Gasteiger partial charge in [0.15, 0.2) is 0 Å². The fourth-order valence-corrected chi connectivity index (χ4v) is 2.43. The lowest BCUT2D eigenvalue weighted by Gasteiger charge is -2.09. The summed E-state index contributed by atoms with van der Waals surface area (Å²) in [6.45, 7) is 7.48. The predicted octanol–water partition coefficient (Wildman–Crippen LogP) is 2.80. The zero-order valence-corrected chi connectivity index (χ0v) is 12.6. The van der Waals surface area contributed by atoms with Crippen LogP contribution in [-0.2, 0) is 0 Å². The fourth-order valence-electron chi connectivity index (χ4n) is 2.43. The van der Waals surface area contributed by atoms with Gasteiger partial charge in [-0.1, -0.05) is 13.8 Å². The molecule has 1 amide bonds. The Morgan fingerprint density at radius 3 is 2.67 bits per heavy atom. The maximum Gasteiger partial charge on any atom is 0.282 e. The molecule has 2 N–H and O–H groups in total. The van der Waals surface area contributed by atoms with Crippen molar-refractivity contribution < 1.29 is 9.72 Å². The zero-order chi connectivity index (χ0) is 15.6. The maximum absolute atomic E-state index is 12.2. The largest absolute Gasteiger partial charge is 0.385 e. The first-order valence-electron chi connectivity index (χ1n) is 7.15. The first kappa shape index (κ1) is 15.3. The van der Waals surface area contributed by atoms with Gasteiger partial charge < -0.3 is 10.6 Å². The van der Waals surface area contributed by atoms with Crippen LogP contribution in [0.2, 0.25) is 0 Å². The summed E-state index contributed by atoms with van der Waals surface area (Å²) in [6, 6.07) is 4.52. The summed E-state index contributed by atoms with van der Waals surface area (Å²) < 4.78 is 0. The highest BCUT2D eigenvalue weighted by molar-refractivity contribution is 5.99. The van der Waals surface area contributed by atoms with Gasteiger partial charge in [0.1, 0.15) is 5.56 Å². The van der Waals surface area contributed by atoms with E-state index in [0.717, 1.165) is 6.42 Å². The second kappa shape index (κ2) is 5.71. The van der Waals surface area contributed by atoms with Crippen molar-refractivity contribution in [2.24, 2.45) is 11.3 Å². The van der Waals surface area contributed by atoms with E-state index in [2.05, 4.69) is 24.5 Å². The predicted molar refractivity (Wildman–Crippen MR) is 81.5 cm³/mol. The van der Waals surface area contributed by atoms with E-state index in [1.165, 1.54) is 12.1 Å². The van der Waals surface area contributed by atoms with Crippen molar-refractivity contribution in [3.05, 3.63) is 33.9 Å². The smallest absolute Gasteiger partial charge is 0.282 e. The van der Waals surface area contributed by atoms with Crippen LogP contribution in [0.3, 0.4) is 0 Å². The molecule has 0 radical (unpaired) electrons. The summed E-state index contributed by atoms with van der Waals surface area (Å²) in [5, 5.41) is 16.9. The third-order valence-electron chi connectivity index (χ3n) is 4.05. The van der Waals surface area contributed by atoms with Crippen molar-refractivity contribution in [2.75, 3.05) is 18.4 Å². The molecule has 21 heavy (non-hydrogen) atoms. The van der Waals surface area contributed by atoms with Gasteiger partial charge in [0.2, 0.25) is 0 Å². The van der Waals surface area contributed by atoms with Gasteiger partial charge in [0, 0.05) is 24.8 Å². The van der Waals surface area contributed by atoms with Gasteiger partial charge in [-0.15, -0.1) is 0 Å². The van der Waals surface area contributed by atoms with Crippen molar-refractivity contribution in [1.29, 1.82) is 0 Å². The maximum atomic E-state index is 12.2. The molecule has 6 nitrogen and oxygen atoms in total. The van der Waals surface area contributed by atoms with Gasteiger partial charge in [-0.05, 0) is 36.8 Å². The number of carbonyl (C=O) groups excluding carboxylic acids is 1. The lowest BCUT2D eigenvalue weighted by atomic mass is 10.1. The highest BCUT2D eigenvalue weighted by Gasteiger charge is 2.45. The highest BCUT2D eigenvalue weighted by atomic mass is 16.6. The molecule has 0 heterocycles. The van der Waals surface area contributed by atoms with Crippen LogP contribution in [0, 0.1) is 21.4 Å². The summed E-state index contributed by atoms with van der Waals surface area (Å²) in [7, 11) is 0. The molecule has 0 aromatic heterocycles. The van der Waals surface area contributed by atoms with Gasteiger partial charge >= 0.3 is 0 Å². The topological polar surface area (TPSA) is 84.3 Å². The average molecular weight is 291 g/mol. The third kappa shape index (κ3) is 3.51. The van der Waals surface area contributed by atoms with Crippen LogP contribution < -0.4 is 10.6 Å². The van der Waals surface area contributed by atoms with Gasteiger partial charge in [-0.25, -0.2) is 0 Å². The first-order chi connectivity index (χ1) is 9.85. The molecule has 1 saturated carbocycles. The van der Waals surface area contributed by atoms with Crippen LogP contribution in [0.15, 0.2) is 18.2 Å². The van der Waals surface area contributed by atoms with E-state index in [1.807, 2.05) is 6.92 Å². The summed E-state index contributed by atoms with van der Waals surface area (Å²) >= 11 is 0. The van der Waals surface area contributed by atoms with Crippen LogP contribution in [0.1, 0.15) is 37.6 Å². The number of carbonyl (C=O) groups is 1. The van der Waals surface area contributed by atoms with Gasteiger partial charge in [-0.2, -0.15) is 0 Å². The highest BCUT2D eigenvalue weighted by Crippen LogP contribution is 2.51. The number of nitro benzene ring substituents is 1. The van der Waals surface area contributed by atoms with E-state index in [9.17, 15) is 14.9 Å². The Morgan fingerprint density at radius 2 is 2.14 bits per heavy atom. The number of hydrogen-bond donors (Lipinski definition) is 2. The molecule has 6 heteroatoms. The molecule has 0 aliphatic heterocycles. The van der Waals surface area contributed by atoms with E-state index < -0.39 is 4.92 Å². The Kier molecular flexibility index (Phi) is 4.16. The molecular weight excluding hydrogens is 270 g/mol. The lowest BCUT2D eigenvalue weighted by Crippen LogP contribution is -2.27. The first-order valence-corrected chi connectivity index (χ1v) is 7.15. The number of nitro groups is 1. The minimum Gasteiger partial charge on any atom is -0.385 e. The molecule has 1 aliphatic rings. The van der Waals surface area contributed by atoms with Crippen LogP contribution in [0.25, 0.3) is 0 Å². The van der Waals surface area contributed by atoms with Crippen LogP contribution >= 0.6 is 0 Å². The van der Waals surface area contributed by atoms with Crippen LogP contribution in [0.5, 0.6) is 0 Å². The van der Waals surface area contributed by atoms with E-state index >= 15 is 0 Å². The molecule has 0 saturated heterocycles. The molecule has 114 valence electrons. The SMILES string of the molecule is CCNc1ccc([N+](=O)[O-])c(C(=O)NCC2CC2(C)C)c1. The summed E-state index contributed by atoms with van der Waals surface area (Å²) in [5.41, 5.74) is 0.922. The number of benzene rings is 1. The van der Waals surface area contributed by atoms with Gasteiger partial charge in [0.25, 0.3) is 11.6 Å². The Morgan fingerprint density at radius 1 is 1.48 bits per heavy atom. The number of hydrogen-bond acceptors (Lipinski definition) is 4. The lowest BCUT2D eigenvalue weighted by molar-refractivity contribution is -0.385. The normalized spacial score (nSPS) is 18.9. The second-order valence-electron chi connectivity index (χ2n) is 6.12. The second-order valence-corrected chi connectivity index (χ2v) is 6.12. The summed E-state index contributed by atoms with van der Waals surface area (Å²) in [6.07, 6.45) is 1.08. The molecule has 1 aliphatic carbocycles. The molecule has 1 unspecified atom stereocenters. The molecule has 1 atom stereocenters. The van der Waals surface area contributed by atoms with Crippen molar-refractivity contribution in [1.82, 2.24) is 5.32 Å². The van der Waals surface area contributed by atoms with E-state index in [1.54, 1.807) is 6.07 Å². The standard InChI is InChI=1S/C15H21N3O3/c1-4-16-11-5-6-13(18(20)21)12(7-11)14(19)17-9-10-8-15(10,2)3/h5-7,10,16H,4,8-9H2,1-3H3,(H,17,19). The minimum absolute atomic E-state index is 0.108. The third-order valence-corrected chi connectivity index (χ3v) is 4.05. The Bertz CT molecular complexity index is 569. The molecule has 0 bridgehead atoms. The monoisotopic (exact) mass is 291 g/mol. The van der Waals surface area contributed by atoms with Crippen LogP contribution in [0.4, 0.5) is 11.4 Å². The Labute approximate surface area is 124 Å². The van der Waals surface area contributed by atoms with E-state index in [0.29, 0.717) is 24.7 Å². The fraction of sp³-hybridized carbons (Fsp3) is 0.533. The Hall–Kier alpha value is -2.11. The van der Waals surface area contributed by atoms with Gasteiger partial charge in [-0.3, -0.25) is 14.9 Å². The molecule has 0 spiro atoms. The molecule has 1 aromatic rings. The summed E-state index contributed by atoms with van der Waals surface area (Å²) in [5.74, 6) is 0.0709. The van der Waals surface area contributed by atoms with Crippen LogP contribution in [-0.4, -0.2) is 23.9 Å². The van der Waals surface area contributed by atoms with E-state index in [-0.39, 0.29) is 22.6 Å². The van der Waals surface area contributed by atoms with Crippen molar-refractivity contribution in [2.45, 2.75) is 27.2 Å². The summed E-state index contributed by atoms with van der Waals surface area (Å²) in [4.78, 5) is 22.8.